The molecule has 4 aromatic rings. The fraction of sp³-hybridized carbons (Fsp3) is 0.533. The van der Waals surface area contributed by atoms with E-state index in [1.807, 2.05) is 0 Å². The average molecular weight is 624 g/mol. The van der Waals surface area contributed by atoms with Gasteiger partial charge in [-0.3, -0.25) is 0 Å². The van der Waals surface area contributed by atoms with Crippen LogP contribution in [0.4, 0.5) is 0 Å². The molecule has 0 radical (unpaired) electrons. The van der Waals surface area contributed by atoms with Crippen LogP contribution >= 0.6 is 45.3 Å². The lowest BCUT2D eigenvalue weighted by Gasteiger charge is -2.00. The number of hydrogen-bond acceptors (Lipinski definition) is 8. The third-order valence-corrected chi connectivity index (χ3v) is 11.9. The van der Waals surface area contributed by atoms with Crippen molar-refractivity contribution in [1.29, 1.82) is 0 Å². The highest BCUT2D eigenvalue weighted by molar-refractivity contribution is 7.39. The number of aromatic hydroxyl groups is 3. The lowest BCUT2D eigenvalue weighted by Crippen LogP contribution is -2.28. The van der Waals surface area contributed by atoms with Crippen LogP contribution in [0.2, 0.25) is 0 Å². The highest BCUT2D eigenvalue weighted by Gasteiger charge is 2.23. The van der Waals surface area contributed by atoms with E-state index in [0.29, 0.717) is 11.5 Å². The molecule has 220 valence electrons. The van der Waals surface area contributed by atoms with Gasteiger partial charge < -0.3 is 20.4 Å². The molecule has 0 spiro atoms. The molecule has 0 atom stereocenters. The van der Waals surface area contributed by atoms with Crippen molar-refractivity contribution in [3.8, 4) is 23.0 Å². The second-order valence-electron chi connectivity index (χ2n) is 9.84. The molecule has 0 unspecified atom stereocenters. The molecular formula is C30H43N2O4S4+. The van der Waals surface area contributed by atoms with E-state index in [1.54, 1.807) is 45.3 Å². The third kappa shape index (κ3) is 8.44. The van der Waals surface area contributed by atoms with E-state index in [1.165, 1.54) is 57.9 Å². The van der Waals surface area contributed by atoms with Crippen molar-refractivity contribution in [3.05, 3.63) is 32.2 Å². The van der Waals surface area contributed by atoms with Crippen LogP contribution in [0.1, 0.15) is 79.1 Å². The van der Waals surface area contributed by atoms with Crippen molar-refractivity contribution in [1.82, 2.24) is 9.15 Å². The number of phenols is 3. The minimum Gasteiger partial charge on any atom is -0.872 e. The molecule has 2 aromatic heterocycles. The van der Waals surface area contributed by atoms with E-state index in [0.717, 1.165) is 70.7 Å². The first-order valence-electron chi connectivity index (χ1n) is 14.4. The van der Waals surface area contributed by atoms with Gasteiger partial charge in [-0.25, -0.2) is 9.15 Å². The largest absolute Gasteiger partial charge is 0.872 e. The van der Waals surface area contributed by atoms with Gasteiger partial charge in [0.1, 0.15) is 31.9 Å². The normalized spacial score (nSPS) is 11.1. The lowest BCUT2D eigenvalue weighted by atomic mass is 10.3. The first-order chi connectivity index (χ1) is 19.3. The van der Waals surface area contributed by atoms with E-state index >= 15 is 0 Å². The second-order valence-corrected chi connectivity index (χ2v) is 14.3. The summed E-state index contributed by atoms with van der Waals surface area (Å²) < 4.78 is 10.6. The topological polar surface area (TPSA) is 89.8 Å². The molecule has 0 fully saturated rings. The summed E-state index contributed by atoms with van der Waals surface area (Å²) in [6.07, 6.45) is 9.32. The van der Waals surface area contributed by atoms with Crippen LogP contribution in [0.15, 0.2) is 24.3 Å². The maximum atomic E-state index is 11.2. The van der Waals surface area contributed by atoms with Crippen molar-refractivity contribution >= 4 is 64.1 Å². The molecular weight excluding hydrogens is 581 g/mol. The van der Waals surface area contributed by atoms with Crippen LogP contribution in [0, 0.1) is 0 Å². The molecule has 0 bridgehead atoms. The molecule has 3 N–H and O–H groups in total. The van der Waals surface area contributed by atoms with Crippen molar-refractivity contribution in [2.75, 3.05) is 26.2 Å². The minimum absolute atomic E-state index is 0.0807. The zero-order valence-electron chi connectivity index (χ0n) is 24.1. The number of hydrogen-bond donors (Lipinski definition) is 3. The van der Waals surface area contributed by atoms with Crippen LogP contribution in [0.3, 0.4) is 0 Å². The van der Waals surface area contributed by atoms with E-state index in [2.05, 4.69) is 36.8 Å². The first kappa shape index (κ1) is 32.4. The minimum atomic E-state index is -0.0807. The van der Waals surface area contributed by atoms with E-state index in [9.17, 15) is 15.3 Å². The highest BCUT2D eigenvalue weighted by Crippen LogP contribution is 2.47. The lowest BCUT2D eigenvalue weighted by molar-refractivity contribution is -0.268. The fourth-order valence-corrected chi connectivity index (χ4v) is 9.56. The van der Waals surface area contributed by atoms with Crippen molar-refractivity contribution in [3.63, 3.8) is 0 Å². The SMILES string of the molecule is CCCC[N+](CCCC)=c1sc2c(O)c3sc(=[N+](CCCC)CCCC)sc3c(O)c2s1.[O-]c1ccc(O)cc1. The average Bonchev–Trinajstić information content (AvgIpc) is 3.60. The summed E-state index contributed by atoms with van der Waals surface area (Å²) in [7, 11) is 0. The Morgan fingerprint density at radius 2 is 0.850 bits per heavy atom. The van der Waals surface area contributed by atoms with Gasteiger partial charge in [-0.1, -0.05) is 111 Å². The number of unbranched alkanes of at least 4 members (excludes halogenated alkanes) is 4. The molecule has 6 nitrogen and oxygen atoms in total. The van der Waals surface area contributed by atoms with Gasteiger partial charge in [-0.05, 0) is 12.1 Å². The van der Waals surface area contributed by atoms with Crippen LogP contribution in [0.5, 0.6) is 23.0 Å². The monoisotopic (exact) mass is 623 g/mol. The molecule has 10 heteroatoms. The summed E-state index contributed by atoms with van der Waals surface area (Å²) in [6.45, 7) is 13.0. The molecule has 4 rings (SSSR count). The summed E-state index contributed by atoms with van der Waals surface area (Å²) in [5.41, 5.74) is 0. The summed E-state index contributed by atoms with van der Waals surface area (Å²) in [5.74, 6) is 0.752. The summed E-state index contributed by atoms with van der Waals surface area (Å²) in [6, 6.07) is 5.36. The quantitative estimate of drug-likeness (QED) is 0.119. The molecule has 0 aliphatic heterocycles. The predicted molar refractivity (Wildman–Crippen MR) is 173 cm³/mol. The second kappa shape index (κ2) is 16.3. The molecule has 0 amide bonds. The molecule has 0 aliphatic carbocycles. The van der Waals surface area contributed by atoms with Gasteiger partial charge in [0.25, 0.3) is 0 Å². The molecule has 0 saturated heterocycles. The first-order valence-corrected chi connectivity index (χ1v) is 17.6. The Balaban J connectivity index is 0.000000472. The summed E-state index contributed by atoms with van der Waals surface area (Å²) in [4.78, 5) is 0. The predicted octanol–water partition coefficient (Wildman–Crippen LogP) is 6.86. The van der Waals surface area contributed by atoms with E-state index in [4.69, 9.17) is 5.11 Å². The Morgan fingerprint density at radius 1 is 0.550 bits per heavy atom. The number of rotatable bonds is 12. The van der Waals surface area contributed by atoms with Crippen LogP contribution in [-0.2, 0) is 0 Å². The fourth-order valence-electron chi connectivity index (χ4n) is 4.10. The van der Waals surface area contributed by atoms with Crippen LogP contribution < -0.4 is 22.2 Å². The maximum Gasteiger partial charge on any atom is 0.315 e. The molecule has 2 heterocycles. The maximum absolute atomic E-state index is 11.2. The van der Waals surface area contributed by atoms with Gasteiger partial charge in [-0.15, -0.1) is 5.75 Å². The zero-order chi connectivity index (χ0) is 29.1. The Hall–Kier alpha value is -2.14. The van der Waals surface area contributed by atoms with E-state index < -0.39 is 0 Å². The van der Waals surface area contributed by atoms with Gasteiger partial charge in [0.15, 0.2) is 11.5 Å². The highest BCUT2D eigenvalue weighted by atomic mass is 32.2. The van der Waals surface area contributed by atoms with Crippen LogP contribution in [0.25, 0.3) is 18.8 Å². The van der Waals surface area contributed by atoms with Gasteiger partial charge in [0.2, 0.25) is 0 Å². The van der Waals surface area contributed by atoms with Gasteiger partial charge in [-0.2, -0.15) is 0 Å². The Bertz CT molecular complexity index is 1300. The Morgan fingerprint density at radius 3 is 1.10 bits per heavy atom. The van der Waals surface area contributed by atoms with E-state index in [-0.39, 0.29) is 11.5 Å². The molecule has 0 aliphatic rings. The van der Waals surface area contributed by atoms with Crippen molar-refractivity contribution < 1.29 is 20.4 Å². The number of phenolic OH excluding ortho intramolecular Hbond substituents is 3. The summed E-state index contributed by atoms with van der Waals surface area (Å²) in [5, 5.41) is 41.4. The van der Waals surface area contributed by atoms with Gasteiger partial charge >= 0.3 is 7.97 Å². The standard InChI is InChI=1S/C24H36N2O2S4.C6H6O2/c1-5-9-13-25(14-10-6-2)23-29-19-17(27)21-22(18(28)20(19)30-23)32-24(31-21)26(15-11-7-3)16-12-8-4;7-5-1-2-6(8)4-3-5/h5-16H2,1-4H3;1-4,7-8H/p+1. The van der Waals surface area contributed by atoms with Gasteiger partial charge in [0.05, 0.1) is 18.8 Å². The third-order valence-electron chi connectivity index (χ3n) is 6.51. The molecule has 0 saturated carbocycles. The molecule has 40 heavy (non-hydrogen) atoms. The van der Waals surface area contributed by atoms with Gasteiger partial charge in [0, 0.05) is 25.7 Å². The van der Waals surface area contributed by atoms with Crippen molar-refractivity contribution in [2.45, 2.75) is 79.1 Å². The molecule has 2 aromatic carbocycles. The Kier molecular flexibility index (Phi) is 13.2. The summed E-state index contributed by atoms with van der Waals surface area (Å²) >= 11 is 6.56. The smallest absolute Gasteiger partial charge is 0.315 e. The number of benzene rings is 2. The van der Waals surface area contributed by atoms with Crippen LogP contribution in [-0.4, -0.2) is 41.5 Å². The number of nitrogens with zero attached hydrogens (tertiary/aromatic N) is 2. The van der Waals surface area contributed by atoms with Crippen molar-refractivity contribution in [2.24, 2.45) is 0 Å². The Labute approximate surface area is 253 Å². The zero-order valence-corrected chi connectivity index (χ0v) is 27.3. The number of fused-ring (bicyclic) bond motifs is 2.